The fraction of sp³-hybridized carbons (Fsp3) is 0.444. The molecule has 0 fully saturated rings. The molecule has 108 valence electrons. The second-order valence-corrected chi connectivity index (χ2v) is 7.30. The molecule has 1 aromatic heterocycles. The third-order valence-electron chi connectivity index (χ3n) is 2.27. The fourth-order valence-electron chi connectivity index (χ4n) is 1.29. The lowest BCUT2D eigenvalue weighted by molar-refractivity contribution is 0.578. The predicted molar refractivity (Wildman–Crippen MR) is 71.8 cm³/mol. The molecule has 0 aliphatic heterocycles. The van der Waals surface area contributed by atoms with Gasteiger partial charge in [0.15, 0.2) is 0 Å². The smallest absolute Gasteiger partial charge is 0.244 e. The molecule has 3 N–H and O–H groups in total. The molecule has 0 unspecified atom stereocenters. The molecule has 0 atom stereocenters. The lowest BCUT2D eigenvalue weighted by atomic mass is 10.5. The number of hydrogen-bond donors (Lipinski definition) is 3. The van der Waals surface area contributed by atoms with Gasteiger partial charge in [-0.2, -0.15) is 0 Å². The standard InChI is InChI=1S/C9H16N4O4S2/c1-10-9-8(4-3-5-12-9)19(16,17)13-6-7-18(14,15)11-2/h3-5,11,13H,6-7H2,1-2H3,(H,10,12). The van der Waals surface area contributed by atoms with E-state index < -0.39 is 20.0 Å². The Bertz CT molecular complexity index is 627. The van der Waals surface area contributed by atoms with Crippen molar-refractivity contribution < 1.29 is 16.8 Å². The average molecular weight is 308 g/mol. The molecular formula is C9H16N4O4S2. The van der Waals surface area contributed by atoms with Crippen LogP contribution in [0.4, 0.5) is 5.82 Å². The molecule has 0 aliphatic rings. The Balaban J connectivity index is 2.82. The molecule has 10 heteroatoms. The second kappa shape index (κ2) is 6.28. The van der Waals surface area contributed by atoms with Gasteiger partial charge in [0.2, 0.25) is 20.0 Å². The van der Waals surface area contributed by atoms with E-state index in [0.29, 0.717) is 0 Å². The van der Waals surface area contributed by atoms with E-state index in [1.54, 1.807) is 7.05 Å². The first-order chi connectivity index (χ1) is 8.82. The highest BCUT2D eigenvalue weighted by atomic mass is 32.2. The molecule has 1 aromatic rings. The van der Waals surface area contributed by atoms with Gasteiger partial charge in [-0.25, -0.2) is 31.3 Å². The topological polar surface area (TPSA) is 117 Å². The third kappa shape index (κ3) is 4.42. The Morgan fingerprint density at radius 1 is 1.21 bits per heavy atom. The quantitative estimate of drug-likeness (QED) is 0.592. The van der Waals surface area contributed by atoms with E-state index in [0.717, 1.165) is 0 Å². The average Bonchev–Trinajstić information content (AvgIpc) is 2.38. The fourth-order valence-corrected chi connectivity index (χ4v) is 3.18. The maximum atomic E-state index is 12.0. The second-order valence-electron chi connectivity index (χ2n) is 3.52. The Kier molecular flexibility index (Phi) is 5.23. The highest BCUT2D eigenvalue weighted by Gasteiger charge is 2.19. The van der Waals surface area contributed by atoms with Crippen molar-refractivity contribution in [3.05, 3.63) is 18.3 Å². The van der Waals surface area contributed by atoms with Crippen molar-refractivity contribution in [2.45, 2.75) is 4.90 Å². The summed E-state index contributed by atoms with van der Waals surface area (Å²) in [5.41, 5.74) is 0. The molecular weight excluding hydrogens is 292 g/mol. The molecule has 0 bridgehead atoms. The molecule has 0 saturated heterocycles. The van der Waals surface area contributed by atoms with Crippen LogP contribution in [0.2, 0.25) is 0 Å². The van der Waals surface area contributed by atoms with E-state index in [1.165, 1.54) is 25.4 Å². The summed E-state index contributed by atoms with van der Waals surface area (Å²) in [4.78, 5) is 3.85. The van der Waals surface area contributed by atoms with Gasteiger partial charge in [0.25, 0.3) is 0 Å². The highest BCUT2D eigenvalue weighted by Crippen LogP contribution is 2.16. The SMILES string of the molecule is CNc1ncccc1S(=O)(=O)NCCS(=O)(=O)NC. The Hall–Kier alpha value is -1.23. The summed E-state index contributed by atoms with van der Waals surface area (Å²) in [7, 11) is -4.43. The van der Waals surface area contributed by atoms with Crippen LogP contribution in [0.5, 0.6) is 0 Å². The first kappa shape index (κ1) is 15.8. The normalized spacial score (nSPS) is 12.3. The van der Waals surface area contributed by atoms with E-state index >= 15 is 0 Å². The number of nitrogens with one attached hydrogen (secondary N) is 3. The summed E-state index contributed by atoms with van der Waals surface area (Å²) in [6.07, 6.45) is 1.45. The van der Waals surface area contributed by atoms with Crippen LogP contribution in [0, 0.1) is 0 Å². The van der Waals surface area contributed by atoms with Crippen molar-refractivity contribution in [2.75, 3.05) is 31.7 Å². The van der Waals surface area contributed by atoms with Crippen molar-refractivity contribution >= 4 is 25.9 Å². The van der Waals surface area contributed by atoms with Crippen molar-refractivity contribution in [3.8, 4) is 0 Å². The summed E-state index contributed by atoms with van der Waals surface area (Å²) in [5.74, 6) is -0.135. The van der Waals surface area contributed by atoms with E-state index in [9.17, 15) is 16.8 Å². The number of pyridine rings is 1. The van der Waals surface area contributed by atoms with Crippen LogP contribution in [0.3, 0.4) is 0 Å². The maximum Gasteiger partial charge on any atom is 0.244 e. The summed E-state index contributed by atoms with van der Waals surface area (Å²) in [6.45, 7) is -0.219. The molecule has 0 amide bonds. The van der Waals surface area contributed by atoms with Crippen LogP contribution >= 0.6 is 0 Å². The maximum absolute atomic E-state index is 12.0. The summed E-state index contributed by atoms with van der Waals surface area (Å²) in [6, 6.07) is 2.87. The number of aromatic nitrogens is 1. The number of hydrogen-bond acceptors (Lipinski definition) is 6. The number of nitrogens with zero attached hydrogens (tertiary/aromatic N) is 1. The van der Waals surface area contributed by atoms with Gasteiger partial charge >= 0.3 is 0 Å². The van der Waals surface area contributed by atoms with E-state index in [1.807, 2.05) is 0 Å². The van der Waals surface area contributed by atoms with Crippen molar-refractivity contribution in [2.24, 2.45) is 0 Å². The van der Waals surface area contributed by atoms with Gasteiger partial charge in [0.1, 0.15) is 10.7 Å². The lowest BCUT2D eigenvalue weighted by Gasteiger charge is -2.10. The third-order valence-corrected chi connectivity index (χ3v) is 5.13. The van der Waals surface area contributed by atoms with Gasteiger partial charge in [-0.1, -0.05) is 0 Å². The zero-order valence-corrected chi connectivity index (χ0v) is 12.2. The van der Waals surface area contributed by atoms with E-state index in [-0.39, 0.29) is 23.0 Å². The molecule has 0 aliphatic carbocycles. The van der Waals surface area contributed by atoms with Crippen LogP contribution in [0.1, 0.15) is 0 Å². The minimum Gasteiger partial charge on any atom is -0.372 e. The summed E-state index contributed by atoms with van der Waals surface area (Å²) < 4.78 is 50.6. The summed E-state index contributed by atoms with van der Waals surface area (Å²) in [5, 5.41) is 2.66. The molecule has 1 rings (SSSR count). The Labute approximate surface area is 112 Å². The number of sulfonamides is 2. The molecule has 0 spiro atoms. The van der Waals surface area contributed by atoms with Gasteiger partial charge in [-0.05, 0) is 19.2 Å². The van der Waals surface area contributed by atoms with Gasteiger partial charge in [-0.15, -0.1) is 0 Å². The minimum absolute atomic E-state index is 0.0284. The molecule has 0 saturated carbocycles. The van der Waals surface area contributed by atoms with Crippen molar-refractivity contribution in [1.29, 1.82) is 0 Å². The van der Waals surface area contributed by atoms with Crippen LogP contribution in [-0.2, 0) is 20.0 Å². The van der Waals surface area contributed by atoms with Crippen LogP contribution in [-0.4, -0.2) is 48.2 Å². The monoisotopic (exact) mass is 308 g/mol. The Morgan fingerprint density at radius 2 is 1.89 bits per heavy atom. The first-order valence-electron chi connectivity index (χ1n) is 5.36. The zero-order valence-electron chi connectivity index (χ0n) is 10.5. The zero-order chi connectivity index (χ0) is 14.5. The van der Waals surface area contributed by atoms with Crippen LogP contribution < -0.4 is 14.8 Å². The van der Waals surface area contributed by atoms with Crippen molar-refractivity contribution in [1.82, 2.24) is 14.4 Å². The van der Waals surface area contributed by atoms with Gasteiger partial charge in [-0.3, -0.25) is 0 Å². The minimum atomic E-state index is -3.80. The van der Waals surface area contributed by atoms with Gasteiger partial charge in [0.05, 0.1) is 5.75 Å². The molecule has 1 heterocycles. The first-order valence-corrected chi connectivity index (χ1v) is 8.49. The van der Waals surface area contributed by atoms with Crippen LogP contribution in [0.25, 0.3) is 0 Å². The Morgan fingerprint density at radius 3 is 2.47 bits per heavy atom. The molecule has 0 aromatic carbocycles. The van der Waals surface area contributed by atoms with Crippen molar-refractivity contribution in [3.63, 3.8) is 0 Å². The largest absolute Gasteiger partial charge is 0.372 e. The predicted octanol–water partition coefficient (Wildman–Crippen LogP) is -1.05. The van der Waals surface area contributed by atoms with Gasteiger partial charge in [0, 0.05) is 19.8 Å². The molecule has 8 nitrogen and oxygen atoms in total. The number of anilines is 1. The number of rotatable bonds is 7. The van der Waals surface area contributed by atoms with E-state index in [2.05, 4.69) is 19.7 Å². The van der Waals surface area contributed by atoms with Gasteiger partial charge < -0.3 is 5.32 Å². The lowest BCUT2D eigenvalue weighted by Crippen LogP contribution is -2.33. The highest BCUT2D eigenvalue weighted by molar-refractivity contribution is 7.90. The molecule has 0 radical (unpaired) electrons. The van der Waals surface area contributed by atoms with E-state index in [4.69, 9.17) is 0 Å². The van der Waals surface area contributed by atoms with Crippen LogP contribution in [0.15, 0.2) is 23.2 Å². The molecule has 19 heavy (non-hydrogen) atoms. The summed E-state index contributed by atoms with van der Waals surface area (Å²) >= 11 is 0.